The molecule has 2 rings (SSSR count). The van der Waals surface area contributed by atoms with Gasteiger partial charge in [0.05, 0.1) is 24.8 Å². The highest BCUT2D eigenvalue weighted by Gasteiger charge is 2.34. The average molecular weight is 249 g/mol. The second-order valence-corrected chi connectivity index (χ2v) is 5.25. The molecule has 18 heavy (non-hydrogen) atoms. The monoisotopic (exact) mass is 249 g/mol. The highest BCUT2D eigenvalue weighted by atomic mass is 16.6. The third-order valence-electron chi connectivity index (χ3n) is 2.78. The van der Waals surface area contributed by atoms with Crippen LogP contribution < -0.4 is 4.74 Å². The number of rotatable bonds is 1. The van der Waals surface area contributed by atoms with Gasteiger partial charge in [0.15, 0.2) is 0 Å². The number of amides is 1. The predicted molar refractivity (Wildman–Crippen MR) is 68.7 cm³/mol. The second kappa shape index (κ2) is 4.98. The van der Waals surface area contributed by atoms with E-state index in [4.69, 9.17) is 9.47 Å². The van der Waals surface area contributed by atoms with Gasteiger partial charge in [0.25, 0.3) is 0 Å². The summed E-state index contributed by atoms with van der Waals surface area (Å²) in [6.07, 6.45) is -0.290. The summed E-state index contributed by atoms with van der Waals surface area (Å²) in [5.41, 5.74) is -0.326. The Hall–Kier alpha value is -1.55. The molecule has 98 valence electrons. The Kier molecular flexibility index (Phi) is 3.57. The zero-order chi connectivity index (χ0) is 13.2. The predicted octanol–water partition coefficient (Wildman–Crippen LogP) is 2.68. The van der Waals surface area contributed by atoms with Crippen molar-refractivity contribution >= 4 is 6.09 Å². The number of carbonyl (C=O) groups excluding carboxylic acids is 1. The van der Waals surface area contributed by atoms with Crippen LogP contribution in [0.3, 0.4) is 0 Å². The summed E-state index contributed by atoms with van der Waals surface area (Å²) >= 11 is 0. The van der Waals surface area contributed by atoms with Gasteiger partial charge in [-0.3, -0.25) is 0 Å². The molecule has 0 aromatic heterocycles. The molecule has 0 N–H and O–H groups in total. The van der Waals surface area contributed by atoms with Crippen molar-refractivity contribution in [3.05, 3.63) is 30.3 Å². The molecule has 1 fully saturated rings. The molecule has 1 saturated heterocycles. The first-order valence-electron chi connectivity index (χ1n) is 6.16. The number of hydrogen-bond donors (Lipinski definition) is 0. The fourth-order valence-electron chi connectivity index (χ4n) is 2.25. The Labute approximate surface area is 107 Å². The lowest BCUT2D eigenvalue weighted by Gasteiger charge is -2.40. The van der Waals surface area contributed by atoms with Gasteiger partial charge in [-0.2, -0.15) is 0 Å². The van der Waals surface area contributed by atoms with Crippen LogP contribution in [0.5, 0.6) is 5.75 Å². The number of carbonyl (C=O) groups is 1. The van der Waals surface area contributed by atoms with Gasteiger partial charge >= 0.3 is 6.09 Å². The van der Waals surface area contributed by atoms with Gasteiger partial charge in [0.2, 0.25) is 0 Å². The molecular formula is C14H19NO3. The van der Waals surface area contributed by atoms with E-state index >= 15 is 0 Å². The van der Waals surface area contributed by atoms with E-state index in [2.05, 4.69) is 0 Å². The van der Waals surface area contributed by atoms with Crippen LogP contribution in [0.25, 0.3) is 0 Å². The second-order valence-electron chi connectivity index (χ2n) is 5.25. The van der Waals surface area contributed by atoms with Crippen molar-refractivity contribution in [3.63, 3.8) is 0 Å². The van der Waals surface area contributed by atoms with Crippen molar-refractivity contribution < 1.29 is 14.3 Å². The standard InChI is InChI=1S/C14H19NO3/c1-11-9-15(10-14(2,3)18-11)13(16)17-12-7-5-4-6-8-12/h4-8,11H,9-10H2,1-3H3. The normalized spacial score (nSPS) is 22.6. The molecule has 4 heteroatoms. The molecule has 0 bridgehead atoms. The Morgan fingerprint density at radius 2 is 2.06 bits per heavy atom. The molecule has 0 aliphatic carbocycles. The first kappa shape index (κ1) is 12.9. The van der Waals surface area contributed by atoms with Crippen LogP contribution in [0.4, 0.5) is 4.79 Å². The van der Waals surface area contributed by atoms with Gasteiger partial charge in [-0.05, 0) is 32.9 Å². The zero-order valence-corrected chi connectivity index (χ0v) is 11.1. The van der Waals surface area contributed by atoms with Crippen molar-refractivity contribution in [1.82, 2.24) is 4.90 Å². The molecule has 1 amide bonds. The van der Waals surface area contributed by atoms with Crippen molar-refractivity contribution in [2.45, 2.75) is 32.5 Å². The SMILES string of the molecule is CC1CN(C(=O)Oc2ccccc2)CC(C)(C)O1. The van der Waals surface area contributed by atoms with Gasteiger partial charge in [-0.15, -0.1) is 0 Å². The van der Waals surface area contributed by atoms with Crippen LogP contribution in [-0.4, -0.2) is 35.8 Å². The molecule has 1 aromatic rings. The van der Waals surface area contributed by atoms with E-state index in [9.17, 15) is 4.79 Å². The average Bonchev–Trinajstić information content (AvgIpc) is 2.27. The molecule has 0 saturated carbocycles. The summed E-state index contributed by atoms with van der Waals surface area (Å²) in [5.74, 6) is 0.569. The Morgan fingerprint density at radius 3 is 2.67 bits per heavy atom. The highest BCUT2D eigenvalue weighted by Crippen LogP contribution is 2.22. The molecule has 1 aliphatic heterocycles. The molecule has 0 radical (unpaired) electrons. The van der Waals surface area contributed by atoms with E-state index in [1.165, 1.54) is 0 Å². The van der Waals surface area contributed by atoms with E-state index < -0.39 is 0 Å². The molecule has 1 heterocycles. The molecule has 4 nitrogen and oxygen atoms in total. The minimum absolute atomic E-state index is 0.0251. The zero-order valence-electron chi connectivity index (χ0n) is 11.1. The Balaban J connectivity index is 2.01. The van der Waals surface area contributed by atoms with E-state index in [1.807, 2.05) is 39.0 Å². The van der Waals surface area contributed by atoms with Crippen molar-refractivity contribution in [2.75, 3.05) is 13.1 Å². The summed E-state index contributed by atoms with van der Waals surface area (Å²) in [6.45, 7) is 7.03. The van der Waals surface area contributed by atoms with Crippen molar-refractivity contribution in [2.24, 2.45) is 0 Å². The molecule has 1 aliphatic rings. The molecule has 1 atom stereocenters. The molecular weight excluding hydrogens is 230 g/mol. The van der Waals surface area contributed by atoms with Crippen molar-refractivity contribution in [1.29, 1.82) is 0 Å². The van der Waals surface area contributed by atoms with Crippen LogP contribution in [0.1, 0.15) is 20.8 Å². The van der Waals surface area contributed by atoms with Gasteiger partial charge in [-0.25, -0.2) is 4.79 Å². The molecule has 0 spiro atoms. The maximum atomic E-state index is 12.0. The van der Waals surface area contributed by atoms with Gasteiger partial charge in [0.1, 0.15) is 5.75 Å². The van der Waals surface area contributed by atoms with Crippen LogP contribution in [-0.2, 0) is 4.74 Å². The molecule has 1 aromatic carbocycles. The lowest BCUT2D eigenvalue weighted by molar-refractivity contribution is -0.120. The number of para-hydroxylation sites is 1. The van der Waals surface area contributed by atoms with Gasteiger partial charge in [-0.1, -0.05) is 18.2 Å². The Bertz CT molecular complexity index is 416. The fourth-order valence-corrected chi connectivity index (χ4v) is 2.25. The summed E-state index contributed by atoms with van der Waals surface area (Å²) < 4.78 is 11.1. The third-order valence-corrected chi connectivity index (χ3v) is 2.78. The smallest absolute Gasteiger partial charge is 0.410 e. The van der Waals surface area contributed by atoms with E-state index in [0.29, 0.717) is 18.8 Å². The lowest BCUT2D eigenvalue weighted by atomic mass is 10.1. The number of nitrogens with zero attached hydrogens (tertiary/aromatic N) is 1. The molecule has 1 unspecified atom stereocenters. The highest BCUT2D eigenvalue weighted by molar-refractivity contribution is 5.70. The number of benzene rings is 1. The van der Waals surface area contributed by atoms with Gasteiger partial charge < -0.3 is 14.4 Å². The largest absolute Gasteiger partial charge is 0.415 e. The summed E-state index contributed by atoms with van der Waals surface area (Å²) in [4.78, 5) is 13.7. The number of morpholine rings is 1. The maximum Gasteiger partial charge on any atom is 0.415 e. The maximum absolute atomic E-state index is 12.0. The third kappa shape index (κ3) is 3.23. The van der Waals surface area contributed by atoms with Crippen LogP contribution in [0.15, 0.2) is 30.3 Å². The topological polar surface area (TPSA) is 38.8 Å². The summed E-state index contributed by atoms with van der Waals surface area (Å²) in [6, 6.07) is 9.11. The van der Waals surface area contributed by atoms with E-state index in [0.717, 1.165) is 0 Å². The minimum atomic E-state index is -0.326. The van der Waals surface area contributed by atoms with E-state index in [1.54, 1.807) is 17.0 Å². The van der Waals surface area contributed by atoms with Crippen molar-refractivity contribution in [3.8, 4) is 5.75 Å². The summed E-state index contributed by atoms with van der Waals surface area (Å²) in [7, 11) is 0. The quantitative estimate of drug-likeness (QED) is 0.768. The van der Waals surface area contributed by atoms with Crippen LogP contribution >= 0.6 is 0 Å². The first-order valence-corrected chi connectivity index (χ1v) is 6.16. The van der Waals surface area contributed by atoms with Crippen LogP contribution in [0.2, 0.25) is 0 Å². The summed E-state index contributed by atoms with van der Waals surface area (Å²) in [5, 5.41) is 0. The lowest BCUT2D eigenvalue weighted by Crippen LogP contribution is -2.54. The van der Waals surface area contributed by atoms with Crippen LogP contribution in [0, 0.1) is 0 Å². The van der Waals surface area contributed by atoms with Gasteiger partial charge in [0, 0.05) is 0 Å². The Morgan fingerprint density at radius 1 is 1.39 bits per heavy atom. The van der Waals surface area contributed by atoms with E-state index in [-0.39, 0.29) is 17.8 Å². The minimum Gasteiger partial charge on any atom is -0.410 e. The number of ether oxygens (including phenoxy) is 2. The first-order chi connectivity index (χ1) is 8.46. The fraction of sp³-hybridized carbons (Fsp3) is 0.500. The number of hydrogen-bond acceptors (Lipinski definition) is 3.